The summed E-state index contributed by atoms with van der Waals surface area (Å²) >= 11 is 0. The van der Waals surface area contributed by atoms with Gasteiger partial charge in [-0.05, 0) is 55.4 Å². The standard InChI is InChI=1S/C20H26N2O/c1-16-10-11-18(21-14-16)15-22(12-5-13-23)20-9-4-7-17-6-2-3-8-19(17)20/h2-3,6,8,10-11,14,20,23H,4-5,7,9,12-13,15H2,1H3. The molecule has 1 unspecified atom stereocenters. The highest BCUT2D eigenvalue weighted by molar-refractivity contribution is 5.32. The van der Waals surface area contributed by atoms with Gasteiger partial charge in [-0.25, -0.2) is 0 Å². The van der Waals surface area contributed by atoms with Crippen LogP contribution in [0, 0.1) is 6.92 Å². The van der Waals surface area contributed by atoms with E-state index in [4.69, 9.17) is 0 Å². The summed E-state index contributed by atoms with van der Waals surface area (Å²) in [6, 6.07) is 13.5. The van der Waals surface area contributed by atoms with E-state index in [-0.39, 0.29) is 6.61 Å². The van der Waals surface area contributed by atoms with Gasteiger partial charge in [-0.15, -0.1) is 0 Å². The summed E-state index contributed by atoms with van der Waals surface area (Å²) in [7, 11) is 0. The number of hydrogen-bond acceptors (Lipinski definition) is 3. The van der Waals surface area contributed by atoms with Gasteiger partial charge in [0.05, 0.1) is 5.69 Å². The number of hydrogen-bond donors (Lipinski definition) is 1. The molecule has 0 amide bonds. The largest absolute Gasteiger partial charge is 0.396 e. The van der Waals surface area contributed by atoms with Crippen molar-refractivity contribution in [2.75, 3.05) is 13.2 Å². The molecule has 3 nitrogen and oxygen atoms in total. The van der Waals surface area contributed by atoms with Crippen molar-refractivity contribution in [1.82, 2.24) is 9.88 Å². The molecule has 1 aliphatic carbocycles. The fourth-order valence-electron chi connectivity index (χ4n) is 3.53. The zero-order valence-electron chi connectivity index (χ0n) is 13.9. The molecule has 3 heteroatoms. The normalized spacial score (nSPS) is 17.3. The van der Waals surface area contributed by atoms with E-state index >= 15 is 0 Å². The topological polar surface area (TPSA) is 36.4 Å². The predicted octanol–water partition coefficient (Wildman–Crippen LogP) is 3.65. The fourth-order valence-corrected chi connectivity index (χ4v) is 3.53. The minimum absolute atomic E-state index is 0.242. The Morgan fingerprint density at radius 2 is 2.09 bits per heavy atom. The highest BCUT2D eigenvalue weighted by Gasteiger charge is 2.25. The van der Waals surface area contributed by atoms with Crippen molar-refractivity contribution in [1.29, 1.82) is 0 Å². The Kier molecular flexibility index (Phi) is 5.42. The van der Waals surface area contributed by atoms with Gasteiger partial charge < -0.3 is 5.11 Å². The van der Waals surface area contributed by atoms with Crippen LogP contribution >= 0.6 is 0 Å². The zero-order valence-corrected chi connectivity index (χ0v) is 13.9. The quantitative estimate of drug-likeness (QED) is 0.884. The van der Waals surface area contributed by atoms with Crippen LogP contribution in [-0.2, 0) is 13.0 Å². The second kappa shape index (κ2) is 7.71. The molecule has 0 fully saturated rings. The van der Waals surface area contributed by atoms with Gasteiger partial charge in [0.2, 0.25) is 0 Å². The number of pyridine rings is 1. The summed E-state index contributed by atoms with van der Waals surface area (Å²) < 4.78 is 0. The summed E-state index contributed by atoms with van der Waals surface area (Å²) in [5, 5.41) is 9.27. The van der Waals surface area contributed by atoms with Crippen molar-refractivity contribution in [3.05, 3.63) is 65.0 Å². The van der Waals surface area contributed by atoms with Crippen LogP contribution in [0.4, 0.5) is 0 Å². The Hall–Kier alpha value is -1.71. The molecular formula is C20H26N2O. The van der Waals surface area contributed by atoms with Crippen LogP contribution in [0.25, 0.3) is 0 Å². The molecule has 1 aromatic carbocycles. The van der Waals surface area contributed by atoms with Crippen LogP contribution in [0.15, 0.2) is 42.6 Å². The third-order valence-electron chi connectivity index (χ3n) is 4.72. The molecule has 23 heavy (non-hydrogen) atoms. The first-order valence-corrected chi connectivity index (χ1v) is 8.62. The van der Waals surface area contributed by atoms with Crippen molar-refractivity contribution < 1.29 is 5.11 Å². The van der Waals surface area contributed by atoms with E-state index in [1.807, 2.05) is 6.20 Å². The Labute approximate surface area is 139 Å². The summed E-state index contributed by atoms with van der Waals surface area (Å²) in [6.07, 6.45) is 6.36. The van der Waals surface area contributed by atoms with Crippen molar-refractivity contribution in [2.45, 2.75) is 45.2 Å². The number of aryl methyl sites for hydroxylation is 2. The van der Waals surface area contributed by atoms with Crippen LogP contribution in [0.5, 0.6) is 0 Å². The van der Waals surface area contributed by atoms with Crippen molar-refractivity contribution in [3.8, 4) is 0 Å². The van der Waals surface area contributed by atoms with Crippen LogP contribution in [0.2, 0.25) is 0 Å². The highest BCUT2D eigenvalue weighted by Crippen LogP contribution is 2.35. The lowest BCUT2D eigenvalue weighted by Gasteiger charge is -2.35. The molecule has 1 N–H and O–H groups in total. The molecule has 1 aliphatic rings. The Bertz CT molecular complexity index is 624. The molecule has 122 valence electrons. The molecule has 3 rings (SSSR count). The van der Waals surface area contributed by atoms with Gasteiger partial charge in [-0.3, -0.25) is 9.88 Å². The van der Waals surface area contributed by atoms with Crippen molar-refractivity contribution in [2.24, 2.45) is 0 Å². The minimum atomic E-state index is 0.242. The Morgan fingerprint density at radius 3 is 2.87 bits per heavy atom. The monoisotopic (exact) mass is 310 g/mol. The molecule has 1 atom stereocenters. The Balaban J connectivity index is 1.83. The van der Waals surface area contributed by atoms with E-state index in [1.165, 1.54) is 36.0 Å². The minimum Gasteiger partial charge on any atom is -0.396 e. The van der Waals surface area contributed by atoms with E-state index in [9.17, 15) is 5.11 Å². The predicted molar refractivity (Wildman–Crippen MR) is 93.2 cm³/mol. The van der Waals surface area contributed by atoms with Gasteiger partial charge in [0.1, 0.15) is 0 Å². The molecule has 1 aromatic heterocycles. The SMILES string of the molecule is Cc1ccc(CN(CCCO)C2CCCc3ccccc32)nc1. The third kappa shape index (κ3) is 3.98. The van der Waals surface area contributed by atoms with Gasteiger partial charge in [-0.1, -0.05) is 30.3 Å². The van der Waals surface area contributed by atoms with Crippen molar-refractivity contribution >= 4 is 0 Å². The number of aliphatic hydroxyl groups excluding tert-OH is 1. The molecule has 0 radical (unpaired) electrons. The maximum absolute atomic E-state index is 9.27. The molecule has 0 saturated heterocycles. The number of nitrogens with zero attached hydrogens (tertiary/aromatic N) is 2. The lowest BCUT2D eigenvalue weighted by molar-refractivity contribution is 0.150. The zero-order chi connectivity index (χ0) is 16.1. The second-order valence-electron chi connectivity index (χ2n) is 6.48. The molecular weight excluding hydrogens is 284 g/mol. The first-order valence-electron chi connectivity index (χ1n) is 8.62. The molecule has 0 aliphatic heterocycles. The van der Waals surface area contributed by atoms with Gasteiger partial charge in [-0.2, -0.15) is 0 Å². The summed E-state index contributed by atoms with van der Waals surface area (Å²) in [4.78, 5) is 7.06. The fraction of sp³-hybridized carbons (Fsp3) is 0.450. The first-order chi connectivity index (χ1) is 11.3. The highest BCUT2D eigenvalue weighted by atomic mass is 16.3. The number of benzene rings is 1. The van der Waals surface area contributed by atoms with E-state index < -0.39 is 0 Å². The summed E-state index contributed by atoms with van der Waals surface area (Å²) in [6.45, 7) is 4.06. The smallest absolute Gasteiger partial charge is 0.0544 e. The Morgan fingerprint density at radius 1 is 1.22 bits per heavy atom. The number of fused-ring (bicyclic) bond motifs is 1. The molecule has 1 heterocycles. The van der Waals surface area contributed by atoms with Gasteiger partial charge in [0.15, 0.2) is 0 Å². The molecule has 2 aromatic rings. The lowest BCUT2D eigenvalue weighted by atomic mass is 9.86. The lowest BCUT2D eigenvalue weighted by Crippen LogP contribution is -2.32. The molecule has 0 bridgehead atoms. The van der Waals surface area contributed by atoms with Crippen LogP contribution < -0.4 is 0 Å². The summed E-state index contributed by atoms with van der Waals surface area (Å²) in [5.74, 6) is 0. The average molecular weight is 310 g/mol. The third-order valence-corrected chi connectivity index (χ3v) is 4.72. The van der Waals surface area contributed by atoms with E-state index in [0.29, 0.717) is 6.04 Å². The van der Waals surface area contributed by atoms with Crippen LogP contribution in [0.1, 0.15) is 47.7 Å². The van der Waals surface area contributed by atoms with Crippen molar-refractivity contribution in [3.63, 3.8) is 0 Å². The number of rotatable bonds is 6. The van der Waals surface area contributed by atoms with E-state index in [1.54, 1.807) is 0 Å². The second-order valence-corrected chi connectivity index (χ2v) is 6.48. The number of aliphatic hydroxyl groups is 1. The van der Waals surface area contributed by atoms with Crippen LogP contribution in [0.3, 0.4) is 0 Å². The molecule has 0 saturated carbocycles. The molecule has 0 spiro atoms. The van der Waals surface area contributed by atoms with Gasteiger partial charge >= 0.3 is 0 Å². The van der Waals surface area contributed by atoms with Crippen LogP contribution in [-0.4, -0.2) is 28.1 Å². The maximum Gasteiger partial charge on any atom is 0.0544 e. The van der Waals surface area contributed by atoms with E-state index in [0.717, 1.165) is 25.2 Å². The first kappa shape index (κ1) is 16.2. The van der Waals surface area contributed by atoms with Gasteiger partial charge in [0, 0.05) is 31.9 Å². The number of aromatic nitrogens is 1. The maximum atomic E-state index is 9.27. The average Bonchev–Trinajstić information content (AvgIpc) is 2.60. The summed E-state index contributed by atoms with van der Waals surface area (Å²) in [5.41, 5.74) is 5.24. The van der Waals surface area contributed by atoms with Gasteiger partial charge in [0.25, 0.3) is 0 Å². The van der Waals surface area contributed by atoms with E-state index in [2.05, 4.69) is 53.2 Å².